The largest absolute Gasteiger partial charge is 0.298 e. The molecule has 0 N–H and O–H groups in total. The van der Waals surface area contributed by atoms with Gasteiger partial charge >= 0.3 is 0 Å². The Labute approximate surface area is 68.7 Å². The zero-order valence-corrected chi connectivity index (χ0v) is 6.86. The van der Waals surface area contributed by atoms with Gasteiger partial charge in [-0.15, -0.1) is 11.3 Å². The molecule has 2 rings (SSSR count). The van der Waals surface area contributed by atoms with Crippen molar-refractivity contribution in [2.75, 3.05) is 0 Å². The Hall–Kier alpha value is -0.890. The van der Waals surface area contributed by atoms with Gasteiger partial charge in [0, 0.05) is 10.1 Å². The number of carbonyl (C=O) groups excluding carboxylic acids is 1. The Bertz CT molecular complexity index is 386. The fourth-order valence-corrected chi connectivity index (χ4v) is 2.29. The molecule has 1 nitrogen and oxygen atoms in total. The highest BCUT2D eigenvalue weighted by molar-refractivity contribution is 7.08. The molecule has 0 aliphatic heterocycles. The minimum absolute atomic E-state index is 0.914. The predicted molar refractivity (Wildman–Crippen MR) is 46.7 cm³/mol. The summed E-state index contributed by atoms with van der Waals surface area (Å²) in [6.07, 6.45) is 5.11. The third-order valence-electron chi connectivity index (χ3n) is 1.91. The molecular weight excluding hydrogens is 156 g/mol. The first-order valence-corrected chi connectivity index (χ1v) is 4.52. The minimum atomic E-state index is 0.914. The Balaban J connectivity index is 2.86. The topological polar surface area (TPSA) is 17.1 Å². The van der Waals surface area contributed by atoms with Gasteiger partial charge in [0.2, 0.25) is 0 Å². The molecule has 1 aromatic rings. The predicted octanol–water partition coefficient (Wildman–Crippen LogP) is 0.672. The summed E-state index contributed by atoms with van der Waals surface area (Å²) in [6.45, 7) is 0. The molecule has 0 saturated heterocycles. The van der Waals surface area contributed by atoms with Crippen LogP contribution >= 0.6 is 11.3 Å². The van der Waals surface area contributed by atoms with Crippen molar-refractivity contribution in [3.05, 3.63) is 21.2 Å². The molecule has 0 amide bonds. The molecule has 1 aliphatic carbocycles. The molecule has 2 heteroatoms. The summed E-state index contributed by atoms with van der Waals surface area (Å²) in [5, 5.41) is 3.28. The Morgan fingerprint density at radius 3 is 3.27 bits per heavy atom. The maximum absolute atomic E-state index is 10.6. The molecule has 0 radical (unpaired) electrons. The lowest BCUT2D eigenvalue weighted by Gasteiger charge is -1.99. The first-order valence-electron chi connectivity index (χ1n) is 3.64. The van der Waals surface area contributed by atoms with Crippen LogP contribution in [0, 0.1) is 0 Å². The van der Waals surface area contributed by atoms with Crippen molar-refractivity contribution in [1.82, 2.24) is 0 Å². The lowest BCUT2D eigenvalue weighted by atomic mass is 10.1. The second-order valence-electron chi connectivity index (χ2n) is 2.59. The summed E-state index contributed by atoms with van der Waals surface area (Å²) in [4.78, 5) is 10.6. The van der Waals surface area contributed by atoms with Crippen LogP contribution in [0.25, 0.3) is 11.6 Å². The Kier molecular flexibility index (Phi) is 1.62. The van der Waals surface area contributed by atoms with E-state index in [1.807, 2.05) is 5.38 Å². The molecule has 1 heterocycles. The lowest BCUT2D eigenvalue weighted by molar-refractivity contribution is -0.103. The molecule has 0 aromatic carbocycles. The maximum Gasteiger partial charge on any atom is 0.147 e. The lowest BCUT2D eigenvalue weighted by Crippen LogP contribution is -2.24. The van der Waals surface area contributed by atoms with Gasteiger partial charge in [-0.25, -0.2) is 0 Å². The number of fused-ring (bicyclic) bond motifs is 1. The monoisotopic (exact) mass is 164 g/mol. The van der Waals surface area contributed by atoms with E-state index in [-0.39, 0.29) is 0 Å². The number of hydrogen-bond donors (Lipinski definition) is 0. The summed E-state index contributed by atoms with van der Waals surface area (Å²) in [5.74, 6) is 0. The van der Waals surface area contributed by atoms with E-state index in [0.717, 1.165) is 24.7 Å². The summed E-state index contributed by atoms with van der Waals surface area (Å²) in [7, 11) is 0. The van der Waals surface area contributed by atoms with E-state index in [2.05, 4.69) is 12.1 Å². The molecule has 0 fully saturated rings. The number of carbonyl (C=O) groups is 1. The highest BCUT2D eigenvalue weighted by Gasteiger charge is 2.02. The molecule has 11 heavy (non-hydrogen) atoms. The molecule has 0 unspecified atom stereocenters. The van der Waals surface area contributed by atoms with Crippen molar-refractivity contribution >= 4 is 29.3 Å². The number of thiophene rings is 1. The van der Waals surface area contributed by atoms with Crippen molar-refractivity contribution in [3.63, 3.8) is 0 Å². The van der Waals surface area contributed by atoms with E-state index in [1.165, 1.54) is 9.75 Å². The van der Waals surface area contributed by atoms with Crippen LogP contribution in [-0.2, 0) is 4.79 Å². The third-order valence-corrected chi connectivity index (χ3v) is 2.91. The average molecular weight is 164 g/mol. The molecule has 1 aliphatic rings. The molecular formula is C9H8OS. The molecule has 0 atom stereocenters. The van der Waals surface area contributed by atoms with Gasteiger partial charge in [0.15, 0.2) is 0 Å². The first kappa shape index (κ1) is 6.80. The normalized spacial score (nSPS) is 15.5. The highest BCUT2D eigenvalue weighted by Crippen LogP contribution is 2.05. The van der Waals surface area contributed by atoms with Gasteiger partial charge in [0.25, 0.3) is 0 Å². The number of hydrogen-bond acceptors (Lipinski definition) is 2. The fourth-order valence-electron chi connectivity index (χ4n) is 1.35. The fraction of sp³-hybridized carbons (Fsp3) is 0.222. The van der Waals surface area contributed by atoms with Crippen LogP contribution in [0.2, 0.25) is 0 Å². The van der Waals surface area contributed by atoms with Gasteiger partial charge in [0.05, 0.1) is 0 Å². The van der Waals surface area contributed by atoms with Crippen molar-refractivity contribution in [2.45, 2.75) is 12.8 Å². The Morgan fingerprint density at radius 2 is 2.45 bits per heavy atom. The van der Waals surface area contributed by atoms with E-state index in [0.29, 0.717) is 0 Å². The molecule has 0 bridgehead atoms. The van der Waals surface area contributed by atoms with Gasteiger partial charge in [0.1, 0.15) is 6.29 Å². The van der Waals surface area contributed by atoms with Gasteiger partial charge in [-0.2, -0.15) is 0 Å². The summed E-state index contributed by atoms with van der Waals surface area (Å²) < 4.78 is 1.17. The van der Waals surface area contributed by atoms with E-state index >= 15 is 0 Å². The van der Waals surface area contributed by atoms with Crippen LogP contribution in [0.4, 0.5) is 0 Å². The SMILES string of the molecule is O=CC1=c2sccc2=CCC1. The highest BCUT2D eigenvalue weighted by atomic mass is 32.1. The van der Waals surface area contributed by atoms with E-state index in [4.69, 9.17) is 0 Å². The van der Waals surface area contributed by atoms with Crippen LogP contribution in [0.5, 0.6) is 0 Å². The van der Waals surface area contributed by atoms with Crippen LogP contribution in [-0.4, -0.2) is 6.29 Å². The third kappa shape index (κ3) is 1.03. The number of aldehydes is 1. The average Bonchev–Trinajstić information content (AvgIpc) is 2.50. The quantitative estimate of drug-likeness (QED) is 0.558. The van der Waals surface area contributed by atoms with Gasteiger partial charge in [-0.3, -0.25) is 4.79 Å². The Morgan fingerprint density at radius 1 is 1.55 bits per heavy atom. The van der Waals surface area contributed by atoms with Crippen molar-refractivity contribution in [2.24, 2.45) is 0 Å². The maximum atomic E-state index is 10.6. The molecule has 0 spiro atoms. The second kappa shape index (κ2) is 2.62. The van der Waals surface area contributed by atoms with E-state index in [1.54, 1.807) is 11.3 Å². The van der Waals surface area contributed by atoms with Gasteiger partial charge in [-0.1, -0.05) is 6.08 Å². The van der Waals surface area contributed by atoms with E-state index < -0.39 is 0 Å². The summed E-state index contributed by atoms with van der Waals surface area (Å²) >= 11 is 1.66. The standard InChI is InChI=1S/C9H8OS/c10-6-8-3-1-2-7-4-5-11-9(7)8/h2,4-6H,1,3H2. The molecule has 56 valence electrons. The molecule has 0 saturated carbocycles. The van der Waals surface area contributed by atoms with Crippen molar-refractivity contribution in [1.29, 1.82) is 0 Å². The smallest absolute Gasteiger partial charge is 0.147 e. The first-order chi connectivity index (χ1) is 5.42. The van der Waals surface area contributed by atoms with Crippen LogP contribution in [0.3, 0.4) is 0 Å². The van der Waals surface area contributed by atoms with Gasteiger partial charge < -0.3 is 0 Å². The summed E-state index contributed by atoms with van der Waals surface area (Å²) in [6, 6.07) is 2.07. The second-order valence-corrected chi connectivity index (χ2v) is 3.51. The van der Waals surface area contributed by atoms with Crippen molar-refractivity contribution in [3.8, 4) is 0 Å². The van der Waals surface area contributed by atoms with Crippen LogP contribution < -0.4 is 9.75 Å². The van der Waals surface area contributed by atoms with Gasteiger partial charge in [-0.05, 0) is 29.5 Å². The van der Waals surface area contributed by atoms with Crippen LogP contribution in [0.15, 0.2) is 11.4 Å². The van der Waals surface area contributed by atoms with E-state index in [9.17, 15) is 4.79 Å². The minimum Gasteiger partial charge on any atom is -0.298 e. The van der Waals surface area contributed by atoms with Crippen molar-refractivity contribution < 1.29 is 4.79 Å². The zero-order chi connectivity index (χ0) is 7.68. The number of rotatable bonds is 1. The summed E-state index contributed by atoms with van der Waals surface area (Å²) in [5.41, 5.74) is 0.970. The zero-order valence-electron chi connectivity index (χ0n) is 6.04. The van der Waals surface area contributed by atoms with Crippen LogP contribution in [0.1, 0.15) is 12.8 Å². The molecule has 1 aromatic heterocycles.